The number of hydrogen-bond donors (Lipinski definition) is 1. The van der Waals surface area contributed by atoms with Crippen LogP contribution in [-0.2, 0) is 17.8 Å². The molecule has 0 unspecified atom stereocenters. The van der Waals surface area contributed by atoms with Crippen molar-refractivity contribution >= 4 is 5.91 Å². The average molecular weight is 394 g/mol. The maximum absolute atomic E-state index is 12.6. The first-order valence-electron chi connectivity index (χ1n) is 10.7. The maximum atomic E-state index is 12.6. The summed E-state index contributed by atoms with van der Waals surface area (Å²) in [5.74, 6) is 1.04. The topological polar surface area (TPSA) is 44.8 Å². The molecule has 1 heterocycles. The van der Waals surface area contributed by atoms with E-state index in [1.165, 1.54) is 16.7 Å². The molecule has 2 aromatic rings. The van der Waals surface area contributed by atoms with Gasteiger partial charge in [0.05, 0.1) is 19.7 Å². The van der Waals surface area contributed by atoms with Crippen LogP contribution in [0.3, 0.4) is 0 Å². The molecule has 0 saturated carbocycles. The van der Waals surface area contributed by atoms with E-state index in [4.69, 9.17) is 4.74 Å². The average Bonchev–Trinajstić information content (AvgIpc) is 2.76. The molecule has 0 spiro atoms. The van der Waals surface area contributed by atoms with Gasteiger partial charge in [-0.2, -0.15) is 0 Å². The predicted molar refractivity (Wildman–Crippen MR) is 115 cm³/mol. The van der Waals surface area contributed by atoms with Crippen LogP contribution in [-0.4, -0.2) is 55.5 Å². The van der Waals surface area contributed by atoms with Crippen molar-refractivity contribution in [1.29, 1.82) is 0 Å². The van der Waals surface area contributed by atoms with Crippen molar-refractivity contribution < 1.29 is 9.53 Å². The predicted octanol–water partition coefficient (Wildman–Crippen LogP) is 3.01. The van der Waals surface area contributed by atoms with Crippen molar-refractivity contribution in [3.05, 3.63) is 65.2 Å². The Morgan fingerprint density at radius 3 is 2.52 bits per heavy atom. The molecule has 1 saturated heterocycles. The number of methoxy groups -OCH3 is 1. The highest BCUT2D eigenvalue weighted by molar-refractivity contribution is 5.78. The van der Waals surface area contributed by atoms with Gasteiger partial charge >= 0.3 is 0 Å². The van der Waals surface area contributed by atoms with Crippen LogP contribution in [0, 0.1) is 0 Å². The van der Waals surface area contributed by atoms with Crippen LogP contribution < -0.4 is 10.1 Å². The van der Waals surface area contributed by atoms with E-state index in [2.05, 4.69) is 51.5 Å². The van der Waals surface area contributed by atoms with Gasteiger partial charge in [-0.05, 0) is 48.1 Å². The SMILES string of the molecule is COc1ccc(CN2CCN(CC(=O)N[C@@H]3CCCc4ccccc43)CC2)cc1. The fraction of sp³-hybridized carbons (Fsp3) is 0.458. The quantitative estimate of drug-likeness (QED) is 0.820. The molecule has 1 amide bonds. The van der Waals surface area contributed by atoms with Crippen molar-refractivity contribution in [3.63, 3.8) is 0 Å². The molecule has 0 aromatic heterocycles. The number of rotatable bonds is 6. The summed E-state index contributed by atoms with van der Waals surface area (Å²) in [5, 5.41) is 3.28. The van der Waals surface area contributed by atoms with Gasteiger partial charge in [-0.1, -0.05) is 36.4 Å². The lowest BCUT2D eigenvalue weighted by Crippen LogP contribution is -2.49. The van der Waals surface area contributed by atoms with Gasteiger partial charge in [-0.15, -0.1) is 0 Å². The summed E-state index contributed by atoms with van der Waals surface area (Å²) in [4.78, 5) is 17.4. The maximum Gasteiger partial charge on any atom is 0.234 e. The number of fused-ring (bicyclic) bond motifs is 1. The van der Waals surface area contributed by atoms with Crippen LogP contribution >= 0.6 is 0 Å². The lowest BCUT2D eigenvalue weighted by molar-refractivity contribution is -0.123. The molecule has 0 radical (unpaired) electrons. The van der Waals surface area contributed by atoms with E-state index >= 15 is 0 Å². The molecule has 154 valence electrons. The first-order valence-corrected chi connectivity index (χ1v) is 10.7. The van der Waals surface area contributed by atoms with Crippen LogP contribution in [0.2, 0.25) is 0 Å². The minimum atomic E-state index is 0.148. The van der Waals surface area contributed by atoms with Crippen LogP contribution in [0.4, 0.5) is 0 Å². The number of benzene rings is 2. The number of carbonyl (C=O) groups excluding carboxylic acids is 1. The van der Waals surface area contributed by atoms with Crippen molar-refractivity contribution in [2.75, 3.05) is 39.8 Å². The van der Waals surface area contributed by atoms with Gasteiger partial charge < -0.3 is 10.1 Å². The number of aryl methyl sites for hydroxylation is 1. The van der Waals surface area contributed by atoms with Crippen molar-refractivity contribution in [1.82, 2.24) is 15.1 Å². The number of hydrogen-bond acceptors (Lipinski definition) is 4. The van der Waals surface area contributed by atoms with E-state index in [1.54, 1.807) is 7.11 Å². The summed E-state index contributed by atoms with van der Waals surface area (Å²) < 4.78 is 5.23. The fourth-order valence-electron chi connectivity index (χ4n) is 4.44. The Hall–Kier alpha value is -2.37. The molecule has 4 rings (SSSR count). The van der Waals surface area contributed by atoms with Crippen LogP contribution in [0.25, 0.3) is 0 Å². The third-order valence-electron chi connectivity index (χ3n) is 6.10. The Morgan fingerprint density at radius 2 is 1.76 bits per heavy atom. The Balaban J connectivity index is 1.23. The van der Waals surface area contributed by atoms with Gasteiger partial charge in [0.1, 0.15) is 5.75 Å². The second kappa shape index (κ2) is 9.42. The van der Waals surface area contributed by atoms with Gasteiger partial charge in [0.25, 0.3) is 0 Å². The molecular formula is C24H31N3O2. The fourth-order valence-corrected chi connectivity index (χ4v) is 4.44. The molecule has 1 N–H and O–H groups in total. The third kappa shape index (κ3) is 5.17. The van der Waals surface area contributed by atoms with Gasteiger partial charge in [0.15, 0.2) is 0 Å². The van der Waals surface area contributed by atoms with Gasteiger partial charge in [-0.25, -0.2) is 0 Å². The molecule has 5 nitrogen and oxygen atoms in total. The number of nitrogens with one attached hydrogen (secondary N) is 1. The van der Waals surface area contributed by atoms with E-state index in [-0.39, 0.29) is 11.9 Å². The Labute approximate surface area is 173 Å². The summed E-state index contributed by atoms with van der Waals surface area (Å²) in [7, 11) is 1.69. The molecule has 1 atom stereocenters. The van der Waals surface area contributed by atoms with Crippen LogP contribution in [0.15, 0.2) is 48.5 Å². The highest BCUT2D eigenvalue weighted by atomic mass is 16.5. The first-order chi connectivity index (χ1) is 14.2. The van der Waals surface area contributed by atoms with E-state index in [9.17, 15) is 4.79 Å². The van der Waals surface area contributed by atoms with Crippen molar-refractivity contribution in [2.24, 2.45) is 0 Å². The summed E-state index contributed by atoms with van der Waals surface area (Å²) >= 11 is 0. The smallest absolute Gasteiger partial charge is 0.234 e. The normalized spacial score (nSPS) is 20.1. The molecule has 5 heteroatoms. The van der Waals surface area contributed by atoms with E-state index < -0.39 is 0 Å². The molecule has 2 aliphatic rings. The minimum absolute atomic E-state index is 0.148. The summed E-state index contributed by atoms with van der Waals surface area (Å²) in [6, 6.07) is 17.0. The number of piperazine rings is 1. The number of nitrogens with zero attached hydrogens (tertiary/aromatic N) is 2. The summed E-state index contributed by atoms with van der Waals surface area (Å²) in [6.07, 6.45) is 3.31. The van der Waals surface area contributed by atoms with E-state index in [0.29, 0.717) is 6.54 Å². The lowest BCUT2D eigenvalue weighted by atomic mass is 9.88. The Morgan fingerprint density at radius 1 is 1.03 bits per heavy atom. The summed E-state index contributed by atoms with van der Waals surface area (Å²) in [5.41, 5.74) is 3.99. The zero-order valence-corrected chi connectivity index (χ0v) is 17.3. The zero-order valence-electron chi connectivity index (χ0n) is 17.3. The van der Waals surface area contributed by atoms with Crippen LogP contribution in [0.1, 0.15) is 35.6 Å². The van der Waals surface area contributed by atoms with Gasteiger partial charge in [-0.3, -0.25) is 14.6 Å². The number of amides is 1. The molecule has 0 bridgehead atoms. The Bertz CT molecular complexity index is 813. The standard InChI is InChI=1S/C24H31N3O2/c1-29-21-11-9-19(10-12-21)17-26-13-15-27(16-14-26)18-24(28)25-23-8-4-6-20-5-2-3-7-22(20)23/h2-3,5,7,9-12,23H,4,6,8,13-18H2,1H3,(H,25,28)/t23-/m1/s1. The Kier molecular flexibility index (Phi) is 6.47. The number of ether oxygens (including phenoxy) is 1. The van der Waals surface area contributed by atoms with Crippen molar-refractivity contribution in [3.8, 4) is 5.75 Å². The third-order valence-corrected chi connectivity index (χ3v) is 6.10. The highest BCUT2D eigenvalue weighted by Crippen LogP contribution is 2.29. The van der Waals surface area contributed by atoms with Crippen LogP contribution in [0.5, 0.6) is 5.75 Å². The number of carbonyl (C=O) groups is 1. The largest absolute Gasteiger partial charge is 0.497 e. The van der Waals surface area contributed by atoms with Gasteiger partial charge in [0, 0.05) is 32.7 Å². The molecule has 29 heavy (non-hydrogen) atoms. The van der Waals surface area contributed by atoms with E-state index in [0.717, 1.165) is 57.7 Å². The molecule has 1 aliphatic carbocycles. The summed E-state index contributed by atoms with van der Waals surface area (Å²) in [6.45, 7) is 5.30. The second-order valence-electron chi connectivity index (χ2n) is 8.11. The monoisotopic (exact) mass is 393 g/mol. The van der Waals surface area contributed by atoms with E-state index in [1.807, 2.05) is 12.1 Å². The molecule has 2 aromatic carbocycles. The highest BCUT2D eigenvalue weighted by Gasteiger charge is 2.23. The second-order valence-corrected chi connectivity index (χ2v) is 8.11. The van der Waals surface area contributed by atoms with Gasteiger partial charge in [0.2, 0.25) is 5.91 Å². The molecular weight excluding hydrogens is 362 g/mol. The molecule has 1 aliphatic heterocycles. The minimum Gasteiger partial charge on any atom is -0.497 e. The lowest BCUT2D eigenvalue weighted by Gasteiger charge is -2.35. The zero-order chi connectivity index (χ0) is 20.1. The van der Waals surface area contributed by atoms with Crippen molar-refractivity contribution in [2.45, 2.75) is 31.8 Å². The first kappa shape index (κ1) is 19.9. The molecule has 1 fully saturated rings.